The van der Waals surface area contributed by atoms with E-state index in [4.69, 9.17) is 11.6 Å². The zero-order valence-corrected chi connectivity index (χ0v) is 15.3. The lowest BCUT2D eigenvalue weighted by Crippen LogP contribution is -2.19. The average Bonchev–Trinajstić information content (AvgIpc) is 2.65. The molecule has 2 nitrogen and oxygen atoms in total. The molecule has 0 aliphatic rings. The summed E-state index contributed by atoms with van der Waals surface area (Å²) in [5.74, 6) is 0.563. The minimum Gasteiger partial charge on any atom is -0.310 e. The van der Waals surface area contributed by atoms with Crippen LogP contribution < -0.4 is 5.56 Å². The van der Waals surface area contributed by atoms with E-state index in [2.05, 4.69) is 38.1 Å². The van der Waals surface area contributed by atoms with Crippen molar-refractivity contribution in [3.8, 4) is 11.1 Å². The number of pyridine rings is 1. The number of nitrogens with zero attached hydrogens (tertiary/aromatic N) is 1. The molecule has 0 bridgehead atoms. The van der Waals surface area contributed by atoms with Gasteiger partial charge < -0.3 is 4.57 Å². The van der Waals surface area contributed by atoms with Gasteiger partial charge in [-0.3, -0.25) is 4.79 Å². The molecule has 0 N–H and O–H groups in total. The third-order valence-electron chi connectivity index (χ3n) is 4.68. The maximum Gasteiger partial charge on any atom is 0.250 e. The van der Waals surface area contributed by atoms with E-state index in [-0.39, 0.29) is 5.56 Å². The molecule has 1 atom stereocenters. The molecule has 0 aliphatic heterocycles. The van der Waals surface area contributed by atoms with E-state index in [0.717, 1.165) is 23.1 Å². The van der Waals surface area contributed by atoms with E-state index in [1.54, 1.807) is 10.6 Å². The Morgan fingerprint density at radius 1 is 0.920 bits per heavy atom. The number of aromatic nitrogens is 1. The summed E-state index contributed by atoms with van der Waals surface area (Å²) in [5, 5.41) is 0.700. The Hall–Kier alpha value is -2.32. The zero-order chi connectivity index (χ0) is 17.8. The lowest BCUT2D eigenvalue weighted by Gasteiger charge is -2.11. The largest absolute Gasteiger partial charge is 0.310 e. The molecule has 128 valence electrons. The van der Waals surface area contributed by atoms with Gasteiger partial charge in [-0.1, -0.05) is 61.8 Å². The van der Waals surface area contributed by atoms with Gasteiger partial charge in [-0.25, -0.2) is 0 Å². The van der Waals surface area contributed by atoms with Crippen LogP contribution in [0.15, 0.2) is 71.7 Å². The van der Waals surface area contributed by atoms with Gasteiger partial charge in [0.15, 0.2) is 0 Å². The Labute approximate surface area is 153 Å². The molecular formula is C22H22ClNO. The Kier molecular flexibility index (Phi) is 5.40. The summed E-state index contributed by atoms with van der Waals surface area (Å²) >= 11 is 5.93. The highest BCUT2D eigenvalue weighted by Gasteiger charge is 2.06. The fourth-order valence-electron chi connectivity index (χ4n) is 2.85. The highest BCUT2D eigenvalue weighted by atomic mass is 35.5. The van der Waals surface area contributed by atoms with E-state index in [1.165, 1.54) is 5.56 Å². The number of halogens is 1. The summed E-state index contributed by atoms with van der Waals surface area (Å²) in [6.07, 6.45) is 3.06. The number of hydrogen-bond donors (Lipinski definition) is 0. The fraction of sp³-hybridized carbons (Fsp3) is 0.227. The molecule has 0 saturated heterocycles. The predicted octanol–water partition coefficient (Wildman–Crippen LogP) is 5.73. The third kappa shape index (κ3) is 4.21. The van der Waals surface area contributed by atoms with Crippen molar-refractivity contribution in [1.29, 1.82) is 0 Å². The molecule has 25 heavy (non-hydrogen) atoms. The van der Waals surface area contributed by atoms with Gasteiger partial charge in [-0.15, -0.1) is 0 Å². The van der Waals surface area contributed by atoms with Gasteiger partial charge >= 0.3 is 0 Å². The number of rotatable bonds is 5. The van der Waals surface area contributed by atoms with Gasteiger partial charge in [-0.2, -0.15) is 0 Å². The van der Waals surface area contributed by atoms with Crippen LogP contribution in [0.4, 0.5) is 0 Å². The van der Waals surface area contributed by atoms with Crippen LogP contribution in [0.1, 0.15) is 37.3 Å². The third-order valence-corrected chi connectivity index (χ3v) is 4.93. The van der Waals surface area contributed by atoms with E-state index >= 15 is 0 Å². The highest BCUT2D eigenvalue weighted by molar-refractivity contribution is 6.30. The summed E-state index contributed by atoms with van der Waals surface area (Å²) in [7, 11) is 0. The maximum atomic E-state index is 12.2. The monoisotopic (exact) mass is 351 g/mol. The average molecular weight is 352 g/mol. The van der Waals surface area contributed by atoms with Crippen LogP contribution >= 0.6 is 11.6 Å². The summed E-state index contributed by atoms with van der Waals surface area (Å²) in [5.41, 5.74) is 4.56. The molecule has 0 spiro atoms. The van der Waals surface area contributed by atoms with Crippen LogP contribution in [-0.2, 0) is 6.54 Å². The molecule has 2 aromatic carbocycles. The minimum atomic E-state index is -0.00470. The topological polar surface area (TPSA) is 22.0 Å². The SMILES string of the molecule is CCC(C)c1ccc(-c2ccc(=O)n(Cc3ccc(Cl)cc3)c2)cc1. The highest BCUT2D eigenvalue weighted by Crippen LogP contribution is 2.23. The van der Waals surface area contributed by atoms with Crippen molar-refractivity contribution in [2.75, 3.05) is 0 Å². The van der Waals surface area contributed by atoms with Crippen LogP contribution in [0.5, 0.6) is 0 Å². The smallest absolute Gasteiger partial charge is 0.250 e. The summed E-state index contributed by atoms with van der Waals surface area (Å²) in [4.78, 5) is 12.2. The van der Waals surface area contributed by atoms with Crippen LogP contribution in [0.3, 0.4) is 0 Å². The molecule has 3 aromatic rings. The second-order valence-electron chi connectivity index (χ2n) is 6.44. The number of hydrogen-bond acceptors (Lipinski definition) is 1. The molecule has 0 saturated carbocycles. The Morgan fingerprint density at radius 3 is 2.20 bits per heavy atom. The predicted molar refractivity (Wildman–Crippen MR) is 105 cm³/mol. The van der Waals surface area contributed by atoms with Crippen LogP contribution in [0.2, 0.25) is 5.02 Å². The Morgan fingerprint density at radius 2 is 1.56 bits per heavy atom. The quantitative estimate of drug-likeness (QED) is 0.575. The Bertz CT molecular complexity index is 895. The molecule has 0 amide bonds. The number of benzene rings is 2. The standard InChI is InChI=1S/C22H22ClNO/c1-3-16(2)18-6-8-19(9-7-18)20-10-13-22(25)24(15-20)14-17-4-11-21(23)12-5-17/h4-13,15-16H,3,14H2,1-2H3. The Balaban J connectivity index is 1.88. The zero-order valence-electron chi connectivity index (χ0n) is 14.6. The van der Waals surface area contributed by atoms with E-state index in [1.807, 2.05) is 36.5 Å². The van der Waals surface area contributed by atoms with Crippen LogP contribution in [0.25, 0.3) is 11.1 Å². The summed E-state index contributed by atoms with van der Waals surface area (Å²) < 4.78 is 1.74. The maximum absolute atomic E-state index is 12.2. The first-order valence-electron chi connectivity index (χ1n) is 8.62. The van der Waals surface area contributed by atoms with Crippen molar-refractivity contribution in [3.05, 3.63) is 93.4 Å². The van der Waals surface area contributed by atoms with Gasteiger partial charge in [0.1, 0.15) is 0 Å². The van der Waals surface area contributed by atoms with E-state index < -0.39 is 0 Å². The van der Waals surface area contributed by atoms with Crippen molar-refractivity contribution >= 4 is 11.6 Å². The second-order valence-corrected chi connectivity index (χ2v) is 6.88. The van der Waals surface area contributed by atoms with Crippen LogP contribution in [-0.4, -0.2) is 4.57 Å². The summed E-state index contributed by atoms with van der Waals surface area (Å²) in [6.45, 7) is 4.97. The van der Waals surface area contributed by atoms with E-state index in [9.17, 15) is 4.79 Å². The van der Waals surface area contributed by atoms with Gasteiger partial charge in [0.05, 0.1) is 6.54 Å². The van der Waals surface area contributed by atoms with Crippen molar-refractivity contribution in [2.24, 2.45) is 0 Å². The van der Waals surface area contributed by atoms with Crippen molar-refractivity contribution in [3.63, 3.8) is 0 Å². The molecule has 0 radical (unpaired) electrons. The second kappa shape index (κ2) is 7.71. The lowest BCUT2D eigenvalue weighted by atomic mass is 9.96. The first kappa shape index (κ1) is 17.5. The molecule has 1 heterocycles. The molecular weight excluding hydrogens is 330 g/mol. The van der Waals surface area contributed by atoms with Crippen molar-refractivity contribution < 1.29 is 0 Å². The van der Waals surface area contributed by atoms with Gasteiger partial charge in [0, 0.05) is 17.3 Å². The first-order valence-corrected chi connectivity index (χ1v) is 9.00. The molecule has 3 heteroatoms. The van der Waals surface area contributed by atoms with Crippen molar-refractivity contribution in [1.82, 2.24) is 4.57 Å². The van der Waals surface area contributed by atoms with Crippen molar-refractivity contribution in [2.45, 2.75) is 32.7 Å². The fourth-order valence-corrected chi connectivity index (χ4v) is 2.98. The molecule has 3 rings (SSSR count). The van der Waals surface area contributed by atoms with E-state index in [0.29, 0.717) is 17.5 Å². The molecule has 0 aliphatic carbocycles. The lowest BCUT2D eigenvalue weighted by molar-refractivity contribution is 0.733. The van der Waals surface area contributed by atoms with Gasteiger partial charge in [0.25, 0.3) is 5.56 Å². The normalized spacial score (nSPS) is 12.1. The molecule has 0 fully saturated rings. The molecule has 1 aromatic heterocycles. The van der Waals surface area contributed by atoms with Crippen LogP contribution in [0, 0.1) is 0 Å². The first-order chi connectivity index (χ1) is 12.1. The summed E-state index contributed by atoms with van der Waals surface area (Å²) in [6, 6.07) is 19.7. The van der Waals surface area contributed by atoms with Gasteiger partial charge in [-0.05, 0) is 52.8 Å². The minimum absolute atomic E-state index is 0.00470. The van der Waals surface area contributed by atoms with Gasteiger partial charge in [0.2, 0.25) is 0 Å². The molecule has 1 unspecified atom stereocenters.